The van der Waals surface area contributed by atoms with E-state index in [1.165, 1.54) is 16.5 Å². The normalized spacial score (nSPS) is 21.5. The van der Waals surface area contributed by atoms with E-state index in [-0.39, 0.29) is 0 Å². The fourth-order valence-electron chi connectivity index (χ4n) is 2.34. The van der Waals surface area contributed by atoms with Crippen LogP contribution >= 0.6 is 15.9 Å². The Morgan fingerprint density at radius 2 is 2.19 bits per heavy atom. The minimum absolute atomic E-state index is 0.327. The van der Waals surface area contributed by atoms with Gasteiger partial charge in [0.2, 0.25) is 0 Å². The summed E-state index contributed by atoms with van der Waals surface area (Å²) >= 11 is 3.58. The molecule has 1 aliphatic rings. The third kappa shape index (κ3) is 3.06. The molecule has 1 aliphatic heterocycles. The van der Waals surface area contributed by atoms with Crippen molar-refractivity contribution in [1.82, 2.24) is 4.90 Å². The molecule has 1 aromatic carbocycles. The molecule has 0 aromatic heterocycles. The first-order valence-electron chi connectivity index (χ1n) is 5.86. The van der Waals surface area contributed by atoms with Gasteiger partial charge >= 0.3 is 0 Å². The molecule has 2 rings (SSSR count). The second kappa shape index (κ2) is 5.80. The lowest BCUT2D eigenvalue weighted by atomic mass is 10.1. The van der Waals surface area contributed by atoms with Crippen molar-refractivity contribution >= 4 is 15.9 Å². The van der Waals surface area contributed by atoms with Crippen LogP contribution in [-0.4, -0.2) is 29.7 Å². The van der Waals surface area contributed by atoms with Crippen molar-refractivity contribution in [2.45, 2.75) is 19.4 Å². The fourth-order valence-corrected chi connectivity index (χ4v) is 2.75. The molecule has 1 atom stereocenters. The number of hydrogen-bond donors (Lipinski definition) is 1. The van der Waals surface area contributed by atoms with E-state index in [0.717, 1.165) is 26.1 Å². The number of halogens is 1. The topological polar surface area (TPSA) is 23.5 Å². The number of hydrogen-bond acceptors (Lipinski definition) is 2. The largest absolute Gasteiger partial charge is 0.396 e. The molecule has 0 aliphatic carbocycles. The number of benzene rings is 1. The van der Waals surface area contributed by atoms with Crippen molar-refractivity contribution < 1.29 is 5.11 Å². The van der Waals surface area contributed by atoms with Crippen LogP contribution in [0.4, 0.5) is 0 Å². The molecule has 0 spiro atoms. The molecule has 1 N–H and O–H groups in total. The van der Waals surface area contributed by atoms with Crippen molar-refractivity contribution in [3.63, 3.8) is 0 Å². The third-order valence-electron chi connectivity index (χ3n) is 3.26. The first-order chi connectivity index (χ1) is 7.79. The first-order valence-corrected chi connectivity index (χ1v) is 6.65. The predicted octanol–water partition coefficient (Wildman–Crippen LogP) is 2.65. The Morgan fingerprint density at radius 1 is 1.38 bits per heavy atom. The minimum atomic E-state index is 0.327. The van der Waals surface area contributed by atoms with Gasteiger partial charge in [0.1, 0.15) is 0 Å². The predicted molar refractivity (Wildman–Crippen MR) is 69.2 cm³/mol. The molecule has 0 amide bonds. The summed E-state index contributed by atoms with van der Waals surface area (Å²) in [6.07, 6.45) is 2.18. The van der Waals surface area contributed by atoms with Gasteiger partial charge in [0.15, 0.2) is 0 Å². The summed E-state index contributed by atoms with van der Waals surface area (Å²) in [7, 11) is 0. The molecule has 1 unspecified atom stereocenters. The van der Waals surface area contributed by atoms with Gasteiger partial charge in [0, 0.05) is 24.2 Å². The van der Waals surface area contributed by atoms with E-state index in [1.54, 1.807) is 0 Å². The second-order valence-corrected chi connectivity index (χ2v) is 5.35. The molecule has 3 heteroatoms. The van der Waals surface area contributed by atoms with E-state index >= 15 is 0 Å². The first kappa shape index (κ1) is 12.1. The summed E-state index contributed by atoms with van der Waals surface area (Å²) in [5.41, 5.74) is 1.35. The summed E-state index contributed by atoms with van der Waals surface area (Å²) in [4.78, 5) is 2.47. The average Bonchev–Trinajstić information content (AvgIpc) is 2.70. The second-order valence-electron chi connectivity index (χ2n) is 4.49. The van der Waals surface area contributed by atoms with Gasteiger partial charge in [-0.3, -0.25) is 4.90 Å². The third-order valence-corrected chi connectivity index (χ3v) is 4.03. The van der Waals surface area contributed by atoms with Crippen LogP contribution in [0.25, 0.3) is 0 Å². The maximum atomic E-state index is 8.92. The summed E-state index contributed by atoms with van der Waals surface area (Å²) < 4.78 is 1.20. The van der Waals surface area contributed by atoms with Gasteiger partial charge in [-0.05, 0) is 36.9 Å². The lowest BCUT2D eigenvalue weighted by Crippen LogP contribution is -2.20. The Bertz CT molecular complexity index is 342. The van der Waals surface area contributed by atoms with Crippen LogP contribution in [0.15, 0.2) is 28.7 Å². The highest BCUT2D eigenvalue weighted by molar-refractivity contribution is 9.10. The fraction of sp³-hybridized carbons (Fsp3) is 0.538. The number of nitrogens with zero attached hydrogens (tertiary/aromatic N) is 1. The molecule has 1 heterocycles. The van der Waals surface area contributed by atoms with Gasteiger partial charge in [-0.15, -0.1) is 0 Å². The van der Waals surface area contributed by atoms with Crippen LogP contribution < -0.4 is 0 Å². The summed E-state index contributed by atoms with van der Waals surface area (Å²) in [6, 6.07) is 8.40. The van der Waals surface area contributed by atoms with Crippen LogP contribution in [-0.2, 0) is 6.54 Å². The van der Waals surface area contributed by atoms with Crippen LogP contribution in [0.1, 0.15) is 18.4 Å². The molecule has 0 radical (unpaired) electrons. The van der Waals surface area contributed by atoms with E-state index in [2.05, 4.69) is 39.0 Å². The SMILES string of the molecule is OCCC1CCN(Cc2ccccc2Br)C1. The molecular formula is C13H18BrNO. The molecule has 16 heavy (non-hydrogen) atoms. The molecule has 88 valence electrons. The van der Waals surface area contributed by atoms with Gasteiger partial charge in [-0.25, -0.2) is 0 Å². The summed E-state index contributed by atoms with van der Waals surface area (Å²) in [5.74, 6) is 0.687. The van der Waals surface area contributed by atoms with Gasteiger partial charge < -0.3 is 5.11 Å². The lowest BCUT2D eigenvalue weighted by Gasteiger charge is -2.16. The average molecular weight is 284 g/mol. The Labute approximate surface area is 105 Å². The van der Waals surface area contributed by atoms with Crippen molar-refractivity contribution in [2.24, 2.45) is 5.92 Å². The highest BCUT2D eigenvalue weighted by atomic mass is 79.9. The van der Waals surface area contributed by atoms with Crippen molar-refractivity contribution in [2.75, 3.05) is 19.7 Å². The maximum Gasteiger partial charge on any atom is 0.0434 e. The Hall–Kier alpha value is -0.380. The van der Waals surface area contributed by atoms with Crippen LogP contribution in [0, 0.1) is 5.92 Å². The zero-order valence-corrected chi connectivity index (χ0v) is 11.0. The number of likely N-dealkylation sites (tertiary alicyclic amines) is 1. The highest BCUT2D eigenvalue weighted by Crippen LogP contribution is 2.23. The van der Waals surface area contributed by atoms with E-state index < -0.39 is 0 Å². The van der Waals surface area contributed by atoms with Gasteiger partial charge in [-0.2, -0.15) is 0 Å². The molecule has 2 nitrogen and oxygen atoms in total. The van der Waals surface area contributed by atoms with Crippen LogP contribution in [0.3, 0.4) is 0 Å². The highest BCUT2D eigenvalue weighted by Gasteiger charge is 2.22. The van der Waals surface area contributed by atoms with E-state index in [9.17, 15) is 0 Å². The Morgan fingerprint density at radius 3 is 2.94 bits per heavy atom. The number of aliphatic hydroxyl groups excluding tert-OH is 1. The zero-order chi connectivity index (χ0) is 11.4. The minimum Gasteiger partial charge on any atom is -0.396 e. The van der Waals surface area contributed by atoms with Crippen molar-refractivity contribution in [3.8, 4) is 0 Å². The van der Waals surface area contributed by atoms with Crippen LogP contribution in [0.5, 0.6) is 0 Å². The van der Waals surface area contributed by atoms with E-state index in [0.29, 0.717) is 12.5 Å². The maximum absolute atomic E-state index is 8.92. The number of rotatable bonds is 4. The quantitative estimate of drug-likeness (QED) is 0.919. The molecule has 1 fully saturated rings. The van der Waals surface area contributed by atoms with Crippen LogP contribution in [0.2, 0.25) is 0 Å². The van der Waals surface area contributed by atoms with Gasteiger partial charge in [-0.1, -0.05) is 34.1 Å². The van der Waals surface area contributed by atoms with E-state index in [4.69, 9.17) is 5.11 Å². The molecule has 0 saturated carbocycles. The van der Waals surface area contributed by atoms with Gasteiger partial charge in [0.25, 0.3) is 0 Å². The summed E-state index contributed by atoms with van der Waals surface area (Å²) in [5, 5.41) is 8.92. The molecule has 1 aromatic rings. The van der Waals surface area contributed by atoms with Crippen molar-refractivity contribution in [1.29, 1.82) is 0 Å². The smallest absolute Gasteiger partial charge is 0.0434 e. The van der Waals surface area contributed by atoms with E-state index in [1.807, 2.05) is 6.07 Å². The summed E-state index contributed by atoms with van der Waals surface area (Å²) in [6.45, 7) is 3.63. The van der Waals surface area contributed by atoms with Gasteiger partial charge in [0.05, 0.1) is 0 Å². The lowest BCUT2D eigenvalue weighted by molar-refractivity contribution is 0.249. The Kier molecular flexibility index (Phi) is 4.38. The molecule has 1 saturated heterocycles. The van der Waals surface area contributed by atoms with Crippen molar-refractivity contribution in [3.05, 3.63) is 34.3 Å². The molecule has 0 bridgehead atoms. The number of aliphatic hydroxyl groups is 1. The Balaban J connectivity index is 1.90. The monoisotopic (exact) mass is 283 g/mol. The molecular weight excluding hydrogens is 266 g/mol. The standard InChI is InChI=1S/C13H18BrNO/c14-13-4-2-1-3-12(13)10-15-7-5-11(9-15)6-8-16/h1-4,11,16H,5-10H2. The zero-order valence-electron chi connectivity index (χ0n) is 9.40.